The average Bonchev–Trinajstić information content (AvgIpc) is 3.31. The van der Waals surface area contributed by atoms with E-state index in [9.17, 15) is 0 Å². The fraction of sp³-hybridized carbons (Fsp3) is 0.259. The molecule has 0 aliphatic heterocycles. The summed E-state index contributed by atoms with van der Waals surface area (Å²) in [5, 5.41) is 2.80. The van der Waals surface area contributed by atoms with E-state index in [2.05, 4.69) is 106 Å². The SMILES string of the molecule is CC(C)C1=C[CH]([Zr+2]([CH]2C=Cc3c2ccc2ccccc32)[SiH](C)C)c2ccccc21.[Cl-].[Cl-]. The monoisotopic (exact) mass is 541 g/mol. The maximum atomic E-state index is 2.71. The van der Waals surface area contributed by atoms with Crippen molar-refractivity contribution in [2.75, 3.05) is 0 Å². The number of halogens is 2. The summed E-state index contributed by atoms with van der Waals surface area (Å²) in [6, 6.07) is 23.0. The molecule has 0 saturated heterocycles. The minimum atomic E-state index is -1.81. The Morgan fingerprint density at radius 3 is 2.26 bits per heavy atom. The summed E-state index contributed by atoms with van der Waals surface area (Å²) in [5.74, 6) is -0.123. The number of hydrogen-bond donors (Lipinski definition) is 0. The molecule has 2 aliphatic rings. The fourth-order valence-electron chi connectivity index (χ4n) is 5.44. The van der Waals surface area contributed by atoms with Crippen molar-refractivity contribution in [2.45, 2.75) is 34.2 Å². The summed E-state index contributed by atoms with van der Waals surface area (Å²) < 4.78 is 1.47. The minimum absolute atomic E-state index is 0. The van der Waals surface area contributed by atoms with Gasteiger partial charge < -0.3 is 24.8 Å². The molecule has 159 valence electrons. The van der Waals surface area contributed by atoms with Crippen LogP contribution in [0.15, 0.2) is 72.8 Å². The van der Waals surface area contributed by atoms with E-state index >= 15 is 0 Å². The second-order valence-corrected chi connectivity index (χ2v) is 29.4. The van der Waals surface area contributed by atoms with E-state index in [1.807, 2.05) is 0 Å². The van der Waals surface area contributed by atoms with Crippen LogP contribution in [-0.2, 0) is 20.9 Å². The topological polar surface area (TPSA) is 0 Å². The van der Waals surface area contributed by atoms with Gasteiger partial charge in [0.25, 0.3) is 0 Å². The van der Waals surface area contributed by atoms with Crippen LogP contribution in [0.25, 0.3) is 22.4 Å². The zero-order chi connectivity index (χ0) is 20.1. The minimum Gasteiger partial charge on any atom is -1.00 e. The average molecular weight is 544 g/mol. The molecule has 0 aromatic heterocycles. The Balaban J connectivity index is 0.00000136. The first-order valence-corrected chi connectivity index (χ1v) is 20.9. The molecule has 0 saturated carbocycles. The summed E-state index contributed by atoms with van der Waals surface area (Å²) in [4.78, 5) is 0. The molecular weight excluding hydrogens is 515 g/mol. The molecule has 0 spiro atoms. The summed E-state index contributed by atoms with van der Waals surface area (Å²) in [7, 11) is 0. The van der Waals surface area contributed by atoms with E-state index < -0.39 is 26.8 Å². The first kappa shape index (κ1) is 24.7. The molecule has 0 nitrogen and oxygen atoms in total. The van der Waals surface area contributed by atoms with Crippen molar-refractivity contribution >= 4 is 28.3 Å². The van der Waals surface area contributed by atoms with Gasteiger partial charge >= 0.3 is 184 Å². The van der Waals surface area contributed by atoms with Crippen LogP contribution in [0.4, 0.5) is 0 Å². The Bertz CT molecular complexity index is 1150. The van der Waals surface area contributed by atoms with Gasteiger partial charge in [0, 0.05) is 0 Å². The molecule has 0 heterocycles. The number of benzene rings is 3. The molecule has 0 bridgehead atoms. The number of rotatable bonds is 4. The van der Waals surface area contributed by atoms with Gasteiger partial charge in [-0.25, -0.2) is 0 Å². The molecule has 2 atom stereocenters. The maximum Gasteiger partial charge on any atom is -1.00 e. The van der Waals surface area contributed by atoms with Gasteiger partial charge in [-0.05, 0) is 0 Å². The van der Waals surface area contributed by atoms with Gasteiger partial charge in [0.15, 0.2) is 0 Å². The standard InChI is InChI=1S/C13H9.C12H13.C2H7Si.2ClH.Zr/c1-2-6-12-10(4-1)8-9-11-5-3-7-13(11)12;1-9(2)11-8-7-10-5-3-4-6-12(10)11;1-3-2;;;/h1-9H;3-9H,1-2H3;3H,1-2H3;2*1H;/q;;;;;+2/p-2. The number of fused-ring (bicyclic) bond motifs is 4. The Hall–Kier alpha value is -0.920. The predicted octanol–water partition coefficient (Wildman–Crippen LogP) is 1.31. The van der Waals surface area contributed by atoms with E-state index in [0.29, 0.717) is 5.92 Å². The zero-order valence-corrected chi connectivity index (χ0v) is 23.7. The van der Waals surface area contributed by atoms with Crippen molar-refractivity contribution in [2.24, 2.45) is 5.92 Å². The molecule has 0 amide bonds. The fourth-order valence-corrected chi connectivity index (χ4v) is 26.5. The Kier molecular flexibility index (Phi) is 7.91. The third-order valence-electron chi connectivity index (χ3n) is 6.75. The van der Waals surface area contributed by atoms with Crippen LogP contribution in [0.5, 0.6) is 0 Å². The summed E-state index contributed by atoms with van der Waals surface area (Å²) in [6.07, 6.45) is 7.76. The van der Waals surface area contributed by atoms with Gasteiger partial charge in [-0.15, -0.1) is 0 Å². The maximum absolute atomic E-state index is 2.71. The van der Waals surface area contributed by atoms with Crippen LogP contribution >= 0.6 is 0 Å². The molecule has 0 radical (unpaired) electrons. The van der Waals surface area contributed by atoms with Crippen LogP contribution in [-0.4, -0.2) is 5.92 Å². The third kappa shape index (κ3) is 4.22. The van der Waals surface area contributed by atoms with Gasteiger partial charge in [-0.2, -0.15) is 0 Å². The first-order valence-electron chi connectivity index (χ1n) is 10.9. The van der Waals surface area contributed by atoms with Crippen molar-refractivity contribution in [1.29, 1.82) is 0 Å². The van der Waals surface area contributed by atoms with Crippen LogP contribution in [0.3, 0.4) is 0 Å². The van der Waals surface area contributed by atoms with Gasteiger partial charge in [-0.3, -0.25) is 0 Å². The van der Waals surface area contributed by atoms with Crippen molar-refractivity contribution in [3.8, 4) is 0 Å². The first-order chi connectivity index (χ1) is 14.1. The summed E-state index contributed by atoms with van der Waals surface area (Å²) in [6.45, 7) is 9.98. The van der Waals surface area contributed by atoms with Crippen LogP contribution in [0.2, 0.25) is 13.1 Å². The van der Waals surface area contributed by atoms with E-state index in [1.54, 1.807) is 22.3 Å². The summed E-state index contributed by atoms with van der Waals surface area (Å²) >= 11 is -1.81. The third-order valence-corrected chi connectivity index (χ3v) is 28.1. The van der Waals surface area contributed by atoms with Gasteiger partial charge in [0.05, 0.1) is 0 Å². The van der Waals surface area contributed by atoms with Crippen LogP contribution < -0.4 is 24.8 Å². The Morgan fingerprint density at radius 2 is 1.52 bits per heavy atom. The van der Waals surface area contributed by atoms with Crippen LogP contribution in [0.1, 0.15) is 43.4 Å². The second-order valence-electron chi connectivity index (χ2n) is 9.12. The number of allylic oxidation sites excluding steroid dienone is 3. The van der Waals surface area contributed by atoms with E-state index in [1.165, 1.54) is 16.3 Å². The molecule has 0 N–H and O–H groups in total. The van der Waals surface area contributed by atoms with Crippen molar-refractivity contribution < 1.29 is 45.7 Å². The molecule has 2 aliphatic carbocycles. The molecule has 2 unspecified atom stereocenters. The molecule has 4 heteroatoms. The Labute approximate surface area is 207 Å². The molecule has 0 fully saturated rings. The predicted molar refractivity (Wildman–Crippen MR) is 127 cm³/mol. The van der Waals surface area contributed by atoms with E-state index in [0.717, 1.165) is 7.25 Å². The molecule has 3 aromatic rings. The van der Waals surface area contributed by atoms with Gasteiger partial charge in [0.1, 0.15) is 0 Å². The summed E-state index contributed by atoms with van der Waals surface area (Å²) in [5.41, 5.74) is 7.91. The van der Waals surface area contributed by atoms with Gasteiger partial charge in [-0.1, -0.05) is 0 Å². The Morgan fingerprint density at radius 1 is 0.806 bits per heavy atom. The van der Waals surface area contributed by atoms with E-state index in [-0.39, 0.29) is 24.8 Å². The quantitative estimate of drug-likeness (QED) is 0.436. The smallest absolute Gasteiger partial charge is 1.00 e. The van der Waals surface area contributed by atoms with Crippen LogP contribution in [0, 0.1) is 5.92 Å². The largest absolute Gasteiger partial charge is 1.00 e. The molecule has 5 rings (SSSR count). The zero-order valence-electron chi connectivity index (χ0n) is 18.6. The molecule has 31 heavy (non-hydrogen) atoms. The second kappa shape index (κ2) is 9.92. The van der Waals surface area contributed by atoms with Crippen molar-refractivity contribution in [3.63, 3.8) is 0 Å². The van der Waals surface area contributed by atoms with E-state index in [4.69, 9.17) is 0 Å². The van der Waals surface area contributed by atoms with Crippen molar-refractivity contribution in [1.82, 2.24) is 0 Å². The van der Waals surface area contributed by atoms with Gasteiger partial charge in [0.2, 0.25) is 0 Å². The molecule has 3 aromatic carbocycles. The molecular formula is C27H29Cl2SiZr. The normalized spacial score (nSPS) is 18.5. The number of hydrogen-bond acceptors (Lipinski definition) is 0. The van der Waals surface area contributed by atoms with Crippen molar-refractivity contribution in [3.05, 3.63) is 95.1 Å².